The molecule has 2 aliphatic heterocycles. The third kappa shape index (κ3) is 14.3. The van der Waals surface area contributed by atoms with Crippen LogP contribution in [0.2, 0.25) is 0 Å². The summed E-state index contributed by atoms with van der Waals surface area (Å²) in [5, 5.41) is 15.0. The highest BCUT2D eigenvalue weighted by atomic mass is 32.2. The lowest BCUT2D eigenvalue weighted by atomic mass is 10.0. The number of piperidine rings is 1. The number of benzene rings is 2. The summed E-state index contributed by atoms with van der Waals surface area (Å²) in [6.07, 6.45) is 4.05. The van der Waals surface area contributed by atoms with Crippen LogP contribution in [-0.4, -0.2) is 147 Å². The van der Waals surface area contributed by atoms with E-state index in [0.717, 1.165) is 26.9 Å². The van der Waals surface area contributed by atoms with Crippen LogP contribution in [0.3, 0.4) is 0 Å². The van der Waals surface area contributed by atoms with Crippen molar-refractivity contribution in [2.75, 3.05) is 70.9 Å². The maximum atomic E-state index is 13.4. The molecule has 1 unspecified atom stereocenters. The SMILES string of the molecule is CS(=O)(=O)n1ccc(C(=O)N[C@@H](CCOCCCC(=O)NCCOCCOCCNC(=O)COc2ccc3c(c2)C(=O)N(C2CCC(=O)NC2=O)C3=O)C(=O)Nc2nc(-c3ccccc3)cs2)c1. The molecule has 362 valence electrons. The number of anilines is 1. The number of carbonyl (C=O) groups excluding carboxylic acids is 8. The van der Waals surface area contributed by atoms with Crippen LogP contribution in [0.15, 0.2) is 72.4 Å². The van der Waals surface area contributed by atoms with Crippen molar-refractivity contribution in [2.45, 2.75) is 44.2 Å². The van der Waals surface area contributed by atoms with E-state index in [9.17, 15) is 46.8 Å². The molecule has 8 amide bonds. The molecule has 6 rings (SSSR count). The fourth-order valence-electron chi connectivity index (χ4n) is 6.81. The Morgan fingerprint density at radius 3 is 2.28 bits per heavy atom. The van der Waals surface area contributed by atoms with Crippen molar-refractivity contribution in [3.05, 3.63) is 89.1 Å². The molecule has 2 atom stereocenters. The number of thiazole rings is 1. The topological polar surface area (TPSA) is 289 Å². The average molecular weight is 979 g/mol. The van der Waals surface area contributed by atoms with Crippen LogP contribution in [0.1, 0.15) is 63.2 Å². The molecular formula is C44H50N8O14S2. The number of nitrogens with one attached hydrogen (secondary N) is 5. The zero-order chi connectivity index (χ0) is 48.6. The first kappa shape index (κ1) is 50.6. The molecule has 0 aliphatic carbocycles. The van der Waals surface area contributed by atoms with Crippen molar-refractivity contribution in [3.63, 3.8) is 0 Å². The van der Waals surface area contributed by atoms with Gasteiger partial charge in [0.1, 0.15) is 17.8 Å². The minimum atomic E-state index is -3.62. The quantitative estimate of drug-likeness (QED) is 0.0435. The Labute approximate surface area is 394 Å². The van der Waals surface area contributed by atoms with Crippen molar-refractivity contribution in [2.24, 2.45) is 0 Å². The second-order valence-electron chi connectivity index (χ2n) is 15.3. The van der Waals surface area contributed by atoms with Gasteiger partial charge >= 0.3 is 0 Å². The van der Waals surface area contributed by atoms with Crippen LogP contribution in [0.4, 0.5) is 5.13 Å². The fourth-order valence-corrected chi connectivity index (χ4v) is 8.12. The standard InChI is InChI=1S/C44H50N8O14S2/c1-68(61,62)51-17-13-29(25-51)39(56)47-33(40(57)50-44-48-34(27-67-44)28-6-3-2-4-7-28)14-19-63-18-5-8-36(53)45-15-20-64-22-23-65-21-16-46-38(55)26-66-30-9-10-31-32(24-30)43(60)52(42(31)59)35-11-12-37(54)49-41(35)58/h2-4,6-7,9-10,13,17,24-25,27,33,35H,5,8,11-12,14-16,18-23,26H2,1H3,(H,45,53)(H,46,55)(H,47,56)(H,48,50,57)(H,49,54,58)/t33-,35?/m0/s1. The van der Waals surface area contributed by atoms with Crippen molar-refractivity contribution in [1.82, 2.24) is 35.1 Å². The molecule has 4 aromatic rings. The molecule has 2 aromatic carbocycles. The summed E-state index contributed by atoms with van der Waals surface area (Å²) in [6.45, 7) is 1.24. The molecule has 0 bridgehead atoms. The highest BCUT2D eigenvalue weighted by Gasteiger charge is 2.44. The lowest BCUT2D eigenvalue weighted by molar-refractivity contribution is -0.136. The van der Waals surface area contributed by atoms with Crippen molar-refractivity contribution in [3.8, 4) is 17.0 Å². The van der Waals surface area contributed by atoms with E-state index >= 15 is 0 Å². The van der Waals surface area contributed by atoms with Gasteiger partial charge in [0.15, 0.2) is 11.7 Å². The molecule has 0 spiro atoms. The molecule has 2 aromatic heterocycles. The van der Waals surface area contributed by atoms with Crippen molar-refractivity contribution < 1.29 is 65.7 Å². The molecular weight excluding hydrogens is 929 g/mol. The summed E-state index contributed by atoms with van der Waals surface area (Å²) >= 11 is 1.22. The number of carbonyl (C=O) groups is 8. The molecule has 68 heavy (non-hydrogen) atoms. The summed E-state index contributed by atoms with van der Waals surface area (Å²) in [5.41, 5.74) is 1.71. The molecule has 22 nitrogen and oxygen atoms in total. The molecule has 0 saturated carbocycles. The van der Waals surface area contributed by atoms with E-state index in [4.69, 9.17) is 18.9 Å². The Balaban J connectivity index is 0.794. The Morgan fingerprint density at radius 2 is 1.57 bits per heavy atom. The smallest absolute Gasteiger partial charge is 0.262 e. The maximum Gasteiger partial charge on any atom is 0.262 e. The largest absolute Gasteiger partial charge is 0.484 e. The maximum absolute atomic E-state index is 13.4. The molecule has 1 saturated heterocycles. The van der Waals surface area contributed by atoms with Crippen LogP contribution in [-0.2, 0) is 48.2 Å². The second kappa shape index (κ2) is 24.2. The van der Waals surface area contributed by atoms with Crippen molar-refractivity contribution >= 4 is 73.7 Å². The van der Waals surface area contributed by atoms with Crippen LogP contribution in [0, 0.1) is 0 Å². The van der Waals surface area contributed by atoms with E-state index < -0.39 is 63.5 Å². The van der Waals surface area contributed by atoms with E-state index in [1.165, 1.54) is 41.8 Å². The van der Waals surface area contributed by atoms with Crippen LogP contribution in [0.5, 0.6) is 5.75 Å². The molecule has 4 heterocycles. The number of amides is 8. The van der Waals surface area contributed by atoms with E-state index in [1.54, 1.807) is 5.38 Å². The van der Waals surface area contributed by atoms with Gasteiger partial charge in [-0.15, -0.1) is 11.3 Å². The van der Waals surface area contributed by atoms with Gasteiger partial charge in [0.05, 0.1) is 55.1 Å². The Bertz CT molecular complexity index is 2600. The average Bonchev–Trinajstić information content (AvgIpc) is 4.06. The first-order chi connectivity index (χ1) is 32.7. The molecule has 24 heteroatoms. The third-order valence-electron chi connectivity index (χ3n) is 10.3. The van der Waals surface area contributed by atoms with Gasteiger partial charge in [-0.25, -0.2) is 13.4 Å². The van der Waals surface area contributed by atoms with Gasteiger partial charge in [0, 0.05) is 62.5 Å². The van der Waals surface area contributed by atoms with Gasteiger partial charge in [0.25, 0.3) is 23.6 Å². The monoisotopic (exact) mass is 978 g/mol. The number of fused-ring (bicyclic) bond motifs is 1. The van der Waals surface area contributed by atoms with Gasteiger partial charge in [0.2, 0.25) is 33.7 Å². The van der Waals surface area contributed by atoms with Crippen LogP contribution >= 0.6 is 11.3 Å². The van der Waals surface area contributed by atoms with E-state index in [1.807, 2.05) is 30.3 Å². The number of nitrogens with zero attached hydrogens (tertiary/aromatic N) is 3. The van der Waals surface area contributed by atoms with Gasteiger partial charge in [-0.05, 0) is 43.5 Å². The lowest BCUT2D eigenvalue weighted by Crippen LogP contribution is -2.54. The third-order valence-corrected chi connectivity index (χ3v) is 12.0. The van der Waals surface area contributed by atoms with E-state index in [-0.39, 0.29) is 113 Å². The van der Waals surface area contributed by atoms with Gasteiger partial charge in [-0.3, -0.25) is 52.5 Å². The summed E-state index contributed by atoms with van der Waals surface area (Å²) in [4.78, 5) is 106. The highest BCUT2D eigenvalue weighted by Crippen LogP contribution is 2.30. The first-order valence-corrected chi connectivity index (χ1v) is 24.2. The number of ether oxygens (including phenoxy) is 4. The first-order valence-electron chi connectivity index (χ1n) is 21.4. The summed E-state index contributed by atoms with van der Waals surface area (Å²) < 4.78 is 46.8. The summed E-state index contributed by atoms with van der Waals surface area (Å²) in [6, 6.07) is 12.7. The van der Waals surface area contributed by atoms with Gasteiger partial charge in [-0.1, -0.05) is 30.3 Å². The van der Waals surface area contributed by atoms with Gasteiger partial charge < -0.3 is 40.2 Å². The van der Waals surface area contributed by atoms with Crippen molar-refractivity contribution in [1.29, 1.82) is 0 Å². The number of rotatable bonds is 26. The number of aromatic nitrogens is 2. The summed E-state index contributed by atoms with van der Waals surface area (Å²) in [5.74, 6) is -4.22. The summed E-state index contributed by atoms with van der Waals surface area (Å²) in [7, 11) is -3.62. The number of hydrogen-bond acceptors (Lipinski definition) is 16. The zero-order valence-electron chi connectivity index (χ0n) is 36.9. The minimum absolute atomic E-state index is 0.00360. The lowest BCUT2D eigenvalue weighted by Gasteiger charge is -2.27. The molecule has 0 radical (unpaired) electrons. The van der Waals surface area contributed by atoms with Crippen LogP contribution in [0.25, 0.3) is 11.3 Å². The minimum Gasteiger partial charge on any atom is -0.484 e. The molecule has 1 fully saturated rings. The van der Waals surface area contributed by atoms with Crippen LogP contribution < -0.4 is 31.3 Å². The Hall–Kier alpha value is -6.86. The molecule has 2 aliphatic rings. The number of hydrogen-bond donors (Lipinski definition) is 5. The predicted molar refractivity (Wildman–Crippen MR) is 243 cm³/mol. The fraction of sp³-hybridized carbons (Fsp3) is 0.386. The number of imide groups is 2. The highest BCUT2D eigenvalue weighted by molar-refractivity contribution is 7.89. The molecule has 5 N–H and O–H groups in total. The van der Waals surface area contributed by atoms with E-state index in [0.29, 0.717) is 17.2 Å². The second-order valence-corrected chi connectivity index (χ2v) is 18.0. The van der Waals surface area contributed by atoms with Gasteiger partial charge in [-0.2, -0.15) is 0 Å². The Kier molecular flexibility index (Phi) is 18.0. The van der Waals surface area contributed by atoms with E-state index in [2.05, 4.69) is 31.6 Å². The Morgan fingerprint density at radius 1 is 0.868 bits per heavy atom. The normalized spacial score (nSPS) is 15.1. The predicted octanol–water partition coefficient (Wildman–Crippen LogP) is 1.09. The zero-order valence-corrected chi connectivity index (χ0v) is 38.5.